The van der Waals surface area contributed by atoms with Crippen molar-refractivity contribution in [1.29, 1.82) is 0 Å². The van der Waals surface area contributed by atoms with E-state index < -0.39 is 0 Å². The Morgan fingerprint density at radius 3 is 0.400 bits per heavy atom. The summed E-state index contributed by atoms with van der Waals surface area (Å²) < 4.78 is 0. The topological polar surface area (TPSA) is 85.5 Å². The molecule has 0 aliphatic rings. The van der Waals surface area contributed by atoms with Crippen molar-refractivity contribution >= 4 is 0 Å². The SMILES string of the molecule is [O-2].[O-2].[O-2].[W+3].[W+3]. The molecule has 0 aromatic carbocycles. The van der Waals surface area contributed by atoms with E-state index in [2.05, 4.69) is 0 Å². The van der Waals surface area contributed by atoms with Crippen molar-refractivity contribution < 1.29 is 58.6 Å². The minimum Gasteiger partial charge on any atom is -2.00 e. The average molecular weight is 416 g/mol. The minimum atomic E-state index is 0. The van der Waals surface area contributed by atoms with Crippen LogP contribution in [0.4, 0.5) is 0 Å². The molecular formula is O3W2. The Morgan fingerprint density at radius 2 is 0.400 bits per heavy atom. The second kappa shape index (κ2) is 60.3. The zero-order valence-corrected chi connectivity index (χ0v) is 7.91. The molecule has 3 nitrogen and oxygen atoms in total. The summed E-state index contributed by atoms with van der Waals surface area (Å²) in [7, 11) is 0. The van der Waals surface area contributed by atoms with Crippen LogP contribution >= 0.6 is 0 Å². The van der Waals surface area contributed by atoms with Crippen molar-refractivity contribution in [2.75, 3.05) is 0 Å². The van der Waals surface area contributed by atoms with Crippen molar-refractivity contribution in [1.82, 2.24) is 0 Å². The molecule has 0 unspecified atom stereocenters. The van der Waals surface area contributed by atoms with Gasteiger partial charge < -0.3 is 16.4 Å². The van der Waals surface area contributed by atoms with Crippen molar-refractivity contribution in [3.05, 3.63) is 0 Å². The summed E-state index contributed by atoms with van der Waals surface area (Å²) in [6.07, 6.45) is 0. The third-order valence-electron chi connectivity index (χ3n) is 0. The molecule has 0 aliphatic carbocycles. The Hall–Kier alpha value is 1.26. The molecule has 5 heteroatoms. The molecule has 5 heavy (non-hydrogen) atoms. The summed E-state index contributed by atoms with van der Waals surface area (Å²) in [6.45, 7) is 0. The van der Waals surface area contributed by atoms with Gasteiger partial charge in [0.15, 0.2) is 0 Å². The molecule has 0 aromatic heterocycles. The predicted octanol–water partition coefficient (Wildman–Crippen LogP) is -0.361. The fraction of sp³-hybridized carbons (Fsp3) is 0. The summed E-state index contributed by atoms with van der Waals surface area (Å²) in [5, 5.41) is 0. The van der Waals surface area contributed by atoms with E-state index >= 15 is 0 Å². The summed E-state index contributed by atoms with van der Waals surface area (Å²) in [5.41, 5.74) is 0. The van der Waals surface area contributed by atoms with Gasteiger partial charge >= 0.3 is 42.1 Å². The van der Waals surface area contributed by atoms with Gasteiger partial charge in [-0.1, -0.05) is 0 Å². The molecule has 0 amide bonds. The van der Waals surface area contributed by atoms with Crippen molar-refractivity contribution in [2.24, 2.45) is 0 Å². The van der Waals surface area contributed by atoms with Crippen LogP contribution in [0.1, 0.15) is 0 Å². The molecule has 0 aromatic rings. The van der Waals surface area contributed by atoms with Crippen LogP contribution in [0.5, 0.6) is 0 Å². The van der Waals surface area contributed by atoms with Crippen LogP contribution in [-0.2, 0) is 58.6 Å². The largest absolute Gasteiger partial charge is 3.00 e. The number of rotatable bonds is 0. The van der Waals surface area contributed by atoms with E-state index in [1.165, 1.54) is 0 Å². The first kappa shape index (κ1) is 109. The van der Waals surface area contributed by atoms with Crippen molar-refractivity contribution in [3.63, 3.8) is 0 Å². The normalized spacial score (nSPS) is 0. The van der Waals surface area contributed by atoms with E-state index in [0.717, 1.165) is 0 Å². The third kappa shape index (κ3) is 35.3. The summed E-state index contributed by atoms with van der Waals surface area (Å²) in [5.74, 6) is 0. The zero-order chi connectivity index (χ0) is 0. The minimum absolute atomic E-state index is 0. The van der Waals surface area contributed by atoms with Gasteiger partial charge in [0.2, 0.25) is 0 Å². The number of hydrogen-bond donors (Lipinski definition) is 0. The van der Waals surface area contributed by atoms with Gasteiger partial charge in [0.05, 0.1) is 0 Å². The standard InChI is InChI=1S/3O.2W/q3*-2;2*+3. The average Bonchev–Trinajstić information content (AvgIpc) is 0. The molecule has 0 aliphatic heterocycles. The summed E-state index contributed by atoms with van der Waals surface area (Å²) in [6, 6.07) is 0. The van der Waals surface area contributed by atoms with Gasteiger partial charge in [-0.3, -0.25) is 0 Å². The zero-order valence-electron chi connectivity index (χ0n) is 2.04. The van der Waals surface area contributed by atoms with E-state index in [9.17, 15) is 0 Å². The summed E-state index contributed by atoms with van der Waals surface area (Å²) >= 11 is 0. The van der Waals surface area contributed by atoms with Crippen LogP contribution in [0.3, 0.4) is 0 Å². The van der Waals surface area contributed by atoms with E-state index in [-0.39, 0.29) is 58.6 Å². The van der Waals surface area contributed by atoms with Crippen LogP contribution < -0.4 is 0 Å². The molecule has 0 fully saturated rings. The molecular weight excluding hydrogens is 416 g/mol. The maximum atomic E-state index is 0. The van der Waals surface area contributed by atoms with Gasteiger partial charge in [-0.15, -0.1) is 0 Å². The van der Waals surface area contributed by atoms with Gasteiger partial charge in [0.1, 0.15) is 0 Å². The van der Waals surface area contributed by atoms with Gasteiger partial charge in [-0.05, 0) is 0 Å². The molecule has 0 heterocycles. The third-order valence-corrected chi connectivity index (χ3v) is 0. The summed E-state index contributed by atoms with van der Waals surface area (Å²) in [4.78, 5) is 0. The van der Waals surface area contributed by atoms with Crippen molar-refractivity contribution in [2.45, 2.75) is 0 Å². The molecule has 0 N–H and O–H groups in total. The van der Waals surface area contributed by atoms with Gasteiger partial charge in [0, 0.05) is 0 Å². The maximum absolute atomic E-state index is 0. The van der Waals surface area contributed by atoms with Crippen LogP contribution in [0, 0.1) is 0 Å². The Kier molecular flexibility index (Phi) is 1320. The predicted molar refractivity (Wildman–Crippen MR) is 2.06 cm³/mol. The van der Waals surface area contributed by atoms with Crippen LogP contribution in [0.15, 0.2) is 0 Å². The monoisotopic (exact) mass is 416 g/mol. The molecule has 0 rings (SSSR count). The van der Waals surface area contributed by atoms with Crippen molar-refractivity contribution in [3.8, 4) is 0 Å². The van der Waals surface area contributed by atoms with Crippen LogP contribution in [0.2, 0.25) is 0 Å². The van der Waals surface area contributed by atoms with Gasteiger partial charge in [-0.25, -0.2) is 0 Å². The van der Waals surface area contributed by atoms with E-state index in [1.54, 1.807) is 0 Å². The maximum Gasteiger partial charge on any atom is 3.00 e. The van der Waals surface area contributed by atoms with E-state index in [1.807, 2.05) is 0 Å². The Labute approximate surface area is 58.6 Å². The first-order valence-electron chi connectivity index (χ1n) is 0. The smallest absolute Gasteiger partial charge is 2.00 e. The Bertz CT molecular complexity index is 4.85. The fourth-order valence-corrected chi connectivity index (χ4v) is 0. The van der Waals surface area contributed by atoms with Crippen LogP contribution in [-0.4, -0.2) is 0 Å². The quantitative estimate of drug-likeness (QED) is 0.517. The van der Waals surface area contributed by atoms with E-state index in [0.29, 0.717) is 0 Å². The first-order chi connectivity index (χ1) is 0. The molecule has 0 saturated heterocycles. The Morgan fingerprint density at radius 1 is 0.400 bits per heavy atom. The second-order valence-electron chi connectivity index (χ2n) is 0. The second-order valence-corrected chi connectivity index (χ2v) is 0. The molecule has 0 atom stereocenters. The molecule has 0 spiro atoms. The van der Waals surface area contributed by atoms with E-state index in [4.69, 9.17) is 0 Å². The Balaban J connectivity index is 0. The fourth-order valence-electron chi connectivity index (χ4n) is 0. The first-order valence-corrected chi connectivity index (χ1v) is 0. The van der Waals surface area contributed by atoms with Gasteiger partial charge in [0.25, 0.3) is 0 Å². The molecule has 2 radical (unpaired) electrons. The molecule has 0 bridgehead atoms. The molecule has 30 valence electrons. The number of hydrogen-bond acceptors (Lipinski definition) is 0. The molecule has 0 saturated carbocycles. The van der Waals surface area contributed by atoms with Gasteiger partial charge in [-0.2, -0.15) is 0 Å². The van der Waals surface area contributed by atoms with Crippen LogP contribution in [0.25, 0.3) is 0 Å².